The Morgan fingerprint density at radius 1 is 0.943 bits per heavy atom. The highest BCUT2D eigenvalue weighted by Gasteiger charge is 2.57. The van der Waals surface area contributed by atoms with Gasteiger partial charge in [0.15, 0.2) is 5.78 Å². The Morgan fingerprint density at radius 2 is 1.66 bits per heavy atom. The minimum Gasteiger partial charge on any atom is -0.295 e. The molecule has 0 saturated heterocycles. The lowest BCUT2D eigenvalue weighted by Crippen LogP contribution is -2.49. The molecule has 0 spiro atoms. The van der Waals surface area contributed by atoms with Crippen molar-refractivity contribution in [2.75, 3.05) is 18.2 Å². The highest BCUT2D eigenvalue weighted by Crippen LogP contribution is 2.65. The van der Waals surface area contributed by atoms with Crippen LogP contribution in [0.25, 0.3) is 0 Å². The first-order valence-corrected chi connectivity index (χ1v) is 16.6. The van der Waals surface area contributed by atoms with Crippen molar-refractivity contribution in [2.45, 2.75) is 123 Å². The number of ketones is 1. The van der Waals surface area contributed by atoms with Gasteiger partial charge < -0.3 is 0 Å². The smallest absolute Gasteiger partial charge is 0.155 e. The number of halogens is 1. The number of rotatable bonds is 14. The fourth-order valence-corrected chi connectivity index (χ4v) is 9.85. The molecule has 0 N–H and O–H groups in total. The molecule has 0 radical (unpaired) electrons. The average molecular weight is 505 g/mol. The number of hydrogen-bond donors (Lipinski definition) is 0. The molecular weight excluding hydrogens is 451 g/mol. The molecule has 1 nitrogen and oxygen atoms in total. The Balaban J connectivity index is 1.21. The molecule has 3 heteroatoms. The average Bonchev–Trinajstić information content (AvgIpc) is 3.15. The standard InChI is InChI=1S/C32H53FOS/c1-24-13-16-30-31-25(12-8-6-4-3-5-7-10-20-35-21-11-9-19-33)22-26-23-27(34)14-15-28(26)29(31)17-18-32(24,30)2/h23-25,28-31H,3-22H2,1-2H3/t24?,25?,28?,29?,30?,31?,32-/m1/s1. The van der Waals surface area contributed by atoms with Gasteiger partial charge in [-0.1, -0.05) is 57.9 Å². The van der Waals surface area contributed by atoms with Crippen LogP contribution in [0.1, 0.15) is 123 Å². The first-order valence-electron chi connectivity index (χ1n) is 15.4. The van der Waals surface area contributed by atoms with Crippen molar-refractivity contribution < 1.29 is 9.18 Å². The van der Waals surface area contributed by atoms with E-state index in [-0.39, 0.29) is 6.67 Å². The molecule has 0 aromatic rings. The van der Waals surface area contributed by atoms with Gasteiger partial charge in [0.25, 0.3) is 0 Å². The maximum atomic E-state index is 12.3. The van der Waals surface area contributed by atoms with Crippen LogP contribution in [-0.4, -0.2) is 24.0 Å². The normalized spacial score (nSPS) is 36.4. The second-order valence-electron chi connectivity index (χ2n) is 12.9. The van der Waals surface area contributed by atoms with Gasteiger partial charge in [-0.25, -0.2) is 0 Å². The van der Waals surface area contributed by atoms with Gasteiger partial charge in [-0.3, -0.25) is 9.18 Å². The van der Waals surface area contributed by atoms with Gasteiger partial charge >= 0.3 is 0 Å². The number of carbonyl (C=O) groups excluding carboxylic acids is 1. The van der Waals surface area contributed by atoms with E-state index in [9.17, 15) is 9.18 Å². The Kier molecular flexibility index (Phi) is 10.7. The van der Waals surface area contributed by atoms with Crippen molar-refractivity contribution in [3.8, 4) is 0 Å². The number of fused-ring (bicyclic) bond motifs is 5. The third kappa shape index (κ3) is 6.77. The monoisotopic (exact) mass is 504 g/mol. The fourth-order valence-electron chi connectivity index (χ4n) is 8.83. The van der Waals surface area contributed by atoms with Crippen LogP contribution in [0, 0.1) is 40.9 Å². The lowest BCUT2D eigenvalue weighted by Gasteiger charge is -2.56. The molecule has 0 heterocycles. The molecule has 0 amide bonds. The van der Waals surface area contributed by atoms with E-state index in [1.165, 1.54) is 89.2 Å². The first kappa shape index (κ1) is 27.7. The minimum absolute atomic E-state index is 0.153. The second kappa shape index (κ2) is 13.5. The summed E-state index contributed by atoms with van der Waals surface area (Å²) in [4.78, 5) is 12.3. The van der Waals surface area contributed by atoms with Crippen LogP contribution in [0.15, 0.2) is 11.6 Å². The maximum absolute atomic E-state index is 12.3. The van der Waals surface area contributed by atoms with Gasteiger partial charge in [-0.2, -0.15) is 11.8 Å². The van der Waals surface area contributed by atoms with Gasteiger partial charge in [-0.05, 0) is 123 Å². The lowest BCUT2D eigenvalue weighted by atomic mass is 9.48. The van der Waals surface area contributed by atoms with Gasteiger partial charge in [0.1, 0.15) is 0 Å². The zero-order valence-corrected chi connectivity index (χ0v) is 23.7. The van der Waals surface area contributed by atoms with Crippen LogP contribution in [-0.2, 0) is 4.79 Å². The maximum Gasteiger partial charge on any atom is 0.155 e. The van der Waals surface area contributed by atoms with Gasteiger partial charge in [0, 0.05) is 6.42 Å². The minimum atomic E-state index is -0.153. The van der Waals surface area contributed by atoms with E-state index >= 15 is 0 Å². The molecular formula is C32H53FOS. The third-order valence-corrected chi connectivity index (χ3v) is 12.1. The van der Waals surface area contributed by atoms with Crippen molar-refractivity contribution >= 4 is 17.5 Å². The van der Waals surface area contributed by atoms with Crippen LogP contribution in [0.2, 0.25) is 0 Å². The molecule has 7 atom stereocenters. The Morgan fingerprint density at radius 3 is 2.43 bits per heavy atom. The van der Waals surface area contributed by atoms with Crippen molar-refractivity contribution in [3.63, 3.8) is 0 Å². The molecule has 200 valence electrons. The van der Waals surface area contributed by atoms with Crippen LogP contribution < -0.4 is 0 Å². The van der Waals surface area contributed by atoms with Crippen molar-refractivity contribution in [1.29, 1.82) is 0 Å². The SMILES string of the molecule is CC1CCC2C3C(CCCCCCCCCSCCCCF)CC4=CC(=O)CCC4C3CC[C@]12C. The van der Waals surface area contributed by atoms with Gasteiger partial charge in [0.2, 0.25) is 0 Å². The largest absolute Gasteiger partial charge is 0.295 e. The number of allylic oxidation sites excluding steroid dienone is 1. The number of alkyl halides is 1. The molecule has 4 aliphatic carbocycles. The predicted octanol–water partition coefficient (Wildman–Crippen LogP) is 9.59. The van der Waals surface area contributed by atoms with E-state index in [2.05, 4.69) is 19.9 Å². The summed E-state index contributed by atoms with van der Waals surface area (Å²) in [5, 5.41) is 0. The van der Waals surface area contributed by atoms with E-state index < -0.39 is 0 Å². The first-order chi connectivity index (χ1) is 17.0. The second-order valence-corrected chi connectivity index (χ2v) is 14.2. The predicted molar refractivity (Wildman–Crippen MR) is 150 cm³/mol. The zero-order chi connectivity index (χ0) is 24.7. The molecule has 0 bridgehead atoms. The Hall–Kier alpha value is -0.310. The highest BCUT2D eigenvalue weighted by molar-refractivity contribution is 7.99. The van der Waals surface area contributed by atoms with Crippen molar-refractivity contribution in [3.05, 3.63) is 11.6 Å². The van der Waals surface area contributed by atoms with E-state index in [1.54, 1.807) is 5.57 Å². The number of unbranched alkanes of at least 4 members (excludes halogenated alkanes) is 7. The van der Waals surface area contributed by atoms with Gasteiger partial charge in [0.05, 0.1) is 6.67 Å². The molecule has 0 aromatic carbocycles. The quantitative estimate of drug-likeness (QED) is 0.219. The zero-order valence-electron chi connectivity index (χ0n) is 22.9. The van der Waals surface area contributed by atoms with Crippen LogP contribution in [0.4, 0.5) is 4.39 Å². The fraction of sp³-hybridized carbons (Fsp3) is 0.906. The summed E-state index contributed by atoms with van der Waals surface area (Å²) >= 11 is 2.01. The molecule has 0 aromatic heterocycles. The number of carbonyl (C=O) groups is 1. The van der Waals surface area contributed by atoms with Crippen LogP contribution in [0.3, 0.4) is 0 Å². The van der Waals surface area contributed by atoms with E-state index in [0.29, 0.717) is 11.2 Å². The lowest BCUT2D eigenvalue weighted by molar-refractivity contribution is -0.116. The van der Waals surface area contributed by atoms with Crippen LogP contribution >= 0.6 is 11.8 Å². The van der Waals surface area contributed by atoms with Crippen molar-refractivity contribution in [2.24, 2.45) is 40.9 Å². The summed E-state index contributed by atoms with van der Waals surface area (Å²) in [6, 6.07) is 0. The molecule has 4 aliphatic rings. The summed E-state index contributed by atoms with van der Waals surface area (Å²) in [5.41, 5.74) is 2.14. The molecule has 3 fully saturated rings. The molecule has 3 saturated carbocycles. The summed E-state index contributed by atoms with van der Waals surface area (Å²) < 4.78 is 12.1. The molecule has 4 rings (SSSR count). The Bertz CT molecular complexity index is 704. The van der Waals surface area contributed by atoms with E-state index in [4.69, 9.17) is 0 Å². The summed E-state index contributed by atoms with van der Waals surface area (Å²) in [6.07, 6.45) is 23.9. The Labute approximate surface area is 220 Å². The number of hydrogen-bond acceptors (Lipinski definition) is 2. The molecule has 0 aliphatic heterocycles. The van der Waals surface area contributed by atoms with Crippen molar-refractivity contribution in [1.82, 2.24) is 0 Å². The van der Waals surface area contributed by atoms with E-state index in [0.717, 1.165) is 66.9 Å². The number of thioether (sulfide) groups is 1. The van der Waals surface area contributed by atoms with E-state index in [1.807, 2.05) is 11.8 Å². The summed E-state index contributed by atoms with van der Waals surface area (Å²) in [7, 11) is 0. The van der Waals surface area contributed by atoms with Gasteiger partial charge in [-0.15, -0.1) is 0 Å². The highest BCUT2D eigenvalue weighted by atomic mass is 32.2. The third-order valence-electron chi connectivity index (χ3n) is 11.0. The molecule has 35 heavy (non-hydrogen) atoms. The summed E-state index contributed by atoms with van der Waals surface area (Å²) in [5.74, 6) is 7.99. The van der Waals surface area contributed by atoms with Crippen LogP contribution in [0.5, 0.6) is 0 Å². The summed E-state index contributed by atoms with van der Waals surface area (Å²) in [6.45, 7) is 5.02. The topological polar surface area (TPSA) is 17.1 Å². The molecule has 6 unspecified atom stereocenters.